The van der Waals surface area contributed by atoms with E-state index in [-0.39, 0.29) is 6.10 Å². The van der Waals surface area contributed by atoms with Gasteiger partial charge in [-0.3, -0.25) is 4.98 Å². The number of nitrogens with zero attached hydrogens (tertiary/aromatic N) is 2. The summed E-state index contributed by atoms with van der Waals surface area (Å²) in [5, 5.41) is 0. The second-order valence-corrected chi connectivity index (χ2v) is 5.87. The van der Waals surface area contributed by atoms with Crippen LogP contribution in [0.3, 0.4) is 0 Å². The first kappa shape index (κ1) is 15.3. The lowest BCUT2D eigenvalue weighted by molar-refractivity contribution is -0.0100. The van der Waals surface area contributed by atoms with Gasteiger partial charge in [-0.1, -0.05) is 20.8 Å². The number of hydrogen-bond donors (Lipinski definition) is 0. The van der Waals surface area contributed by atoms with E-state index in [2.05, 4.69) is 42.8 Å². The number of morpholine rings is 1. The average Bonchev–Trinajstić information content (AvgIpc) is 2.47. The molecule has 0 aromatic carbocycles. The maximum atomic E-state index is 5.68. The number of ether oxygens (including phenoxy) is 2. The predicted molar refractivity (Wildman–Crippen MR) is 81.3 cm³/mol. The maximum Gasteiger partial charge on any atom is 0.0983 e. The van der Waals surface area contributed by atoms with Crippen molar-refractivity contribution >= 4 is 5.69 Å². The fourth-order valence-electron chi connectivity index (χ4n) is 2.44. The van der Waals surface area contributed by atoms with Gasteiger partial charge in [-0.25, -0.2) is 0 Å². The average molecular weight is 278 g/mol. The van der Waals surface area contributed by atoms with Crippen LogP contribution in [0.5, 0.6) is 0 Å². The van der Waals surface area contributed by atoms with Crippen LogP contribution in [-0.2, 0) is 9.47 Å². The van der Waals surface area contributed by atoms with Crippen molar-refractivity contribution in [2.75, 3.05) is 38.3 Å². The molecule has 1 fully saturated rings. The van der Waals surface area contributed by atoms with Crippen LogP contribution in [0.4, 0.5) is 5.69 Å². The summed E-state index contributed by atoms with van der Waals surface area (Å²) in [5.74, 6) is 1.11. The second kappa shape index (κ2) is 7.04. The van der Waals surface area contributed by atoms with Gasteiger partial charge in [-0.15, -0.1) is 0 Å². The Morgan fingerprint density at radius 1 is 1.40 bits per heavy atom. The summed E-state index contributed by atoms with van der Waals surface area (Å²) in [7, 11) is 1.71. The third kappa shape index (κ3) is 3.70. The summed E-state index contributed by atoms with van der Waals surface area (Å²) in [6.07, 6.45) is 2.15. The molecule has 2 heterocycles. The first-order chi connectivity index (χ1) is 9.61. The summed E-state index contributed by atoms with van der Waals surface area (Å²) in [6, 6.07) is 4.33. The Bertz CT molecular complexity index is 403. The van der Waals surface area contributed by atoms with E-state index in [4.69, 9.17) is 9.47 Å². The van der Waals surface area contributed by atoms with E-state index in [1.165, 1.54) is 11.4 Å². The molecule has 0 radical (unpaired) electrons. The Balaban J connectivity index is 2.02. The van der Waals surface area contributed by atoms with E-state index in [0.29, 0.717) is 18.4 Å². The van der Waals surface area contributed by atoms with Crippen molar-refractivity contribution in [3.05, 3.63) is 24.0 Å². The normalized spacial score (nSPS) is 21.2. The van der Waals surface area contributed by atoms with Crippen molar-refractivity contribution in [3.8, 4) is 0 Å². The Morgan fingerprint density at radius 2 is 2.20 bits per heavy atom. The molecule has 1 aromatic heterocycles. The molecule has 2 atom stereocenters. The van der Waals surface area contributed by atoms with Gasteiger partial charge in [-0.2, -0.15) is 0 Å². The lowest BCUT2D eigenvalue weighted by Gasteiger charge is -2.34. The third-order valence-electron chi connectivity index (χ3n) is 4.09. The lowest BCUT2D eigenvalue weighted by Crippen LogP contribution is -2.44. The smallest absolute Gasteiger partial charge is 0.0983 e. The van der Waals surface area contributed by atoms with Crippen molar-refractivity contribution in [2.45, 2.75) is 32.8 Å². The van der Waals surface area contributed by atoms with Gasteiger partial charge in [0.05, 0.1) is 31.2 Å². The van der Waals surface area contributed by atoms with Gasteiger partial charge in [0.1, 0.15) is 0 Å². The first-order valence-corrected chi connectivity index (χ1v) is 7.43. The molecule has 112 valence electrons. The Kier molecular flexibility index (Phi) is 5.38. The molecule has 0 bridgehead atoms. The van der Waals surface area contributed by atoms with E-state index >= 15 is 0 Å². The third-order valence-corrected chi connectivity index (χ3v) is 4.09. The fraction of sp³-hybridized carbons (Fsp3) is 0.688. The number of rotatable bonds is 5. The predicted octanol–water partition coefficient (Wildman–Crippen LogP) is 2.69. The highest BCUT2D eigenvalue weighted by molar-refractivity contribution is 5.45. The topological polar surface area (TPSA) is 34.6 Å². The van der Waals surface area contributed by atoms with Crippen LogP contribution >= 0.6 is 0 Å². The van der Waals surface area contributed by atoms with E-state index < -0.39 is 0 Å². The number of anilines is 1. The quantitative estimate of drug-likeness (QED) is 0.829. The summed E-state index contributed by atoms with van der Waals surface area (Å²) >= 11 is 0. The van der Waals surface area contributed by atoms with Crippen molar-refractivity contribution in [2.24, 2.45) is 5.92 Å². The van der Waals surface area contributed by atoms with Crippen molar-refractivity contribution < 1.29 is 9.47 Å². The zero-order chi connectivity index (χ0) is 14.5. The zero-order valence-electron chi connectivity index (χ0n) is 13.0. The summed E-state index contributed by atoms with van der Waals surface area (Å²) in [6.45, 7) is 9.88. The molecular weight excluding hydrogens is 252 g/mol. The van der Waals surface area contributed by atoms with E-state index in [0.717, 1.165) is 19.7 Å². The van der Waals surface area contributed by atoms with Crippen LogP contribution in [0.15, 0.2) is 18.3 Å². The van der Waals surface area contributed by atoms with Crippen LogP contribution < -0.4 is 4.90 Å². The molecule has 0 amide bonds. The Morgan fingerprint density at radius 3 is 2.80 bits per heavy atom. The van der Waals surface area contributed by atoms with Crippen molar-refractivity contribution in [1.82, 2.24) is 4.98 Å². The summed E-state index contributed by atoms with van der Waals surface area (Å²) in [5.41, 5.74) is 2.35. The molecule has 4 heteroatoms. The van der Waals surface area contributed by atoms with Crippen LogP contribution in [0.25, 0.3) is 0 Å². The van der Waals surface area contributed by atoms with Gasteiger partial charge in [0.2, 0.25) is 0 Å². The standard InChI is InChI=1S/C16H26N2O2/c1-12(2)13(3)16-6-5-14(9-17-16)18-7-8-20-15(10-18)11-19-4/h5-6,9,12-13,15H,7-8,10-11H2,1-4H3. The molecule has 2 rings (SSSR count). The van der Waals surface area contributed by atoms with Gasteiger partial charge >= 0.3 is 0 Å². The highest BCUT2D eigenvalue weighted by Gasteiger charge is 2.21. The van der Waals surface area contributed by atoms with Crippen LogP contribution in [0, 0.1) is 5.92 Å². The molecule has 1 aliphatic rings. The van der Waals surface area contributed by atoms with Crippen LogP contribution in [0.1, 0.15) is 32.4 Å². The Hall–Kier alpha value is -1.13. The number of methoxy groups -OCH3 is 1. The first-order valence-electron chi connectivity index (χ1n) is 7.43. The maximum absolute atomic E-state index is 5.68. The summed E-state index contributed by atoms with van der Waals surface area (Å²) < 4.78 is 10.9. The minimum atomic E-state index is 0.156. The lowest BCUT2D eigenvalue weighted by atomic mass is 9.94. The molecule has 1 aliphatic heterocycles. The number of pyridine rings is 1. The van der Waals surface area contributed by atoms with E-state index in [1.54, 1.807) is 7.11 Å². The highest BCUT2D eigenvalue weighted by atomic mass is 16.5. The van der Waals surface area contributed by atoms with Gasteiger partial charge in [0.15, 0.2) is 0 Å². The van der Waals surface area contributed by atoms with Crippen LogP contribution in [0.2, 0.25) is 0 Å². The van der Waals surface area contributed by atoms with Crippen molar-refractivity contribution in [3.63, 3.8) is 0 Å². The zero-order valence-corrected chi connectivity index (χ0v) is 13.0. The highest BCUT2D eigenvalue weighted by Crippen LogP contribution is 2.24. The minimum absolute atomic E-state index is 0.156. The molecule has 20 heavy (non-hydrogen) atoms. The fourth-order valence-corrected chi connectivity index (χ4v) is 2.44. The molecule has 4 nitrogen and oxygen atoms in total. The van der Waals surface area contributed by atoms with Crippen molar-refractivity contribution in [1.29, 1.82) is 0 Å². The molecule has 0 N–H and O–H groups in total. The molecule has 0 saturated carbocycles. The SMILES string of the molecule is COCC1CN(c2ccc(C(C)C(C)C)nc2)CCO1. The Labute approximate surface area is 122 Å². The van der Waals surface area contributed by atoms with Gasteiger partial charge in [0, 0.05) is 31.8 Å². The molecule has 1 aromatic rings. The molecule has 0 spiro atoms. The number of hydrogen-bond acceptors (Lipinski definition) is 4. The molecule has 2 unspecified atom stereocenters. The minimum Gasteiger partial charge on any atom is -0.382 e. The monoisotopic (exact) mass is 278 g/mol. The van der Waals surface area contributed by atoms with Gasteiger partial charge in [-0.05, 0) is 18.1 Å². The van der Waals surface area contributed by atoms with Gasteiger partial charge < -0.3 is 14.4 Å². The van der Waals surface area contributed by atoms with Gasteiger partial charge in [0.25, 0.3) is 0 Å². The second-order valence-electron chi connectivity index (χ2n) is 5.87. The van der Waals surface area contributed by atoms with E-state index in [9.17, 15) is 0 Å². The number of aromatic nitrogens is 1. The van der Waals surface area contributed by atoms with Crippen LogP contribution in [-0.4, -0.2) is 44.5 Å². The largest absolute Gasteiger partial charge is 0.382 e. The molecular formula is C16H26N2O2. The molecule has 1 saturated heterocycles. The molecule has 0 aliphatic carbocycles. The van der Waals surface area contributed by atoms with E-state index in [1.807, 2.05) is 6.20 Å². The summed E-state index contributed by atoms with van der Waals surface area (Å²) in [4.78, 5) is 6.96.